The van der Waals surface area contributed by atoms with E-state index >= 15 is 0 Å². The molecule has 1 amide bonds. The van der Waals surface area contributed by atoms with E-state index in [-0.39, 0.29) is 5.69 Å². The molecule has 2 aromatic rings. The molecule has 0 aliphatic carbocycles. The van der Waals surface area contributed by atoms with Gasteiger partial charge in [0.05, 0.1) is 18.9 Å². The Morgan fingerprint density at radius 1 is 1.28 bits per heavy atom. The first kappa shape index (κ1) is 18.5. The van der Waals surface area contributed by atoms with Crippen molar-refractivity contribution in [2.45, 2.75) is 26.9 Å². The Morgan fingerprint density at radius 2 is 1.96 bits per heavy atom. The average Bonchev–Trinajstić information content (AvgIpc) is 2.87. The third-order valence-corrected chi connectivity index (χ3v) is 3.83. The number of aliphatic hydroxyl groups excluding tert-OH is 1. The monoisotopic (exact) mass is 346 g/mol. The largest absolute Gasteiger partial charge is 0.495 e. The van der Waals surface area contributed by atoms with E-state index < -0.39 is 24.6 Å². The zero-order valence-corrected chi connectivity index (χ0v) is 14.7. The summed E-state index contributed by atoms with van der Waals surface area (Å²) in [4.78, 5) is 27.1. The standard InChI is InChI=1S/C18H22N2O5/c1-10-16(12(3)21)11(2)19-17(10)18(23)25-9-15(22)20-13-7-5-6-8-14(13)24-4/h5-8,12,19,21H,9H2,1-4H3,(H,20,22)/t12-/m0/s1. The first-order valence-corrected chi connectivity index (χ1v) is 7.82. The second kappa shape index (κ2) is 7.85. The molecule has 7 nitrogen and oxygen atoms in total. The second-order valence-electron chi connectivity index (χ2n) is 5.66. The van der Waals surface area contributed by atoms with Gasteiger partial charge >= 0.3 is 5.97 Å². The van der Waals surface area contributed by atoms with Gasteiger partial charge < -0.3 is 24.9 Å². The van der Waals surface area contributed by atoms with Gasteiger partial charge in [-0.3, -0.25) is 4.79 Å². The smallest absolute Gasteiger partial charge is 0.355 e. The molecule has 1 aromatic carbocycles. The molecule has 0 aliphatic heterocycles. The van der Waals surface area contributed by atoms with Crippen molar-refractivity contribution in [3.63, 3.8) is 0 Å². The van der Waals surface area contributed by atoms with Crippen LogP contribution in [0.5, 0.6) is 5.75 Å². The van der Waals surface area contributed by atoms with Gasteiger partial charge in [-0.15, -0.1) is 0 Å². The van der Waals surface area contributed by atoms with Crippen molar-refractivity contribution in [2.24, 2.45) is 0 Å². The number of ether oxygens (including phenoxy) is 2. The number of rotatable bonds is 6. The summed E-state index contributed by atoms with van der Waals surface area (Å²) in [5, 5.41) is 12.4. The highest BCUT2D eigenvalue weighted by atomic mass is 16.5. The van der Waals surface area contributed by atoms with Crippen LogP contribution in [0.2, 0.25) is 0 Å². The number of H-pyrrole nitrogens is 1. The molecule has 1 aromatic heterocycles. The fourth-order valence-electron chi connectivity index (χ4n) is 2.73. The summed E-state index contributed by atoms with van der Waals surface area (Å²) in [6, 6.07) is 6.94. The van der Waals surface area contributed by atoms with E-state index in [1.165, 1.54) is 7.11 Å². The first-order chi connectivity index (χ1) is 11.8. The molecule has 2 rings (SSSR count). The van der Waals surface area contributed by atoms with Crippen LogP contribution in [0.4, 0.5) is 5.69 Å². The van der Waals surface area contributed by atoms with Gasteiger partial charge in [-0.1, -0.05) is 12.1 Å². The van der Waals surface area contributed by atoms with E-state index in [4.69, 9.17) is 9.47 Å². The van der Waals surface area contributed by atoms with E-state index in [1.54, 1.807) is 45.0 Å². The maximum absolute atomic E-state index is 12.2. The van der Waals surface area contributed by atoms with E-state index in [9.17, 15) is 14.7 Å². The molecule has 0 aliphatic rings. The SMILES string of the molecule is COc1ccccc1NC(=O)COC(=O)c1[nH]c(C)c([C@H](C)O)c1C. The number of carbonyl (C=O) groups excluding carboxylic acids is 2. The highest BCUT2D eigenvalue weighted by Crippen LogP contribution is 2.25. The number of benzene rings is 1. The molecule has 3 N–H and O–H groups in total. The summed E-state index contributed by atoms with van der Waals surface area (Å²) in [6.45, 7) is 4.68. The molecular formula is C18H22N2O5. The number of aromatic amines is 1. The van der Waals surface area contributed by atoms with Crippen LogP contribution < -0.4 is 10.1 Å². The van der Waals surface area contributed by atoms with Crippen LogP contribution in [0.3, 0.4) is 0 Å². The minimum atomic E-state index is -0.702. The number of nitrogens with one attached hydrogen (secondary N) is 2. The maximum atomic E-state index is 12.2. The number of anilines is 1. The lowest BCUT2D eigenvalue weighted by molar-refractivity contribution is -0.119. The Bertz CT molecular complexity index is 780. The van der Waals surface area contributed by atoms with Gasteiger partial charge in [-0.05, 0) is 38.5 Å². The van der Waals surface area contributed by atoms with Crippen molar-refractivity contribution in [1.82, 2.24) is 4.98 Å². The summed E-state index contributed by atoms with van der Waals surface area (Å²) in [5.74, 6) is -0.614. The number of aliphatic hydroxyl groups is 1. The molecule has 0 unspecified atom stereocenters. The number of para-hydroxylation sites is 2. The fourth-order valence-corrected chi connectivity index (χ4v) is 2.73. The van der Waals surface area contributed by atoms with Crippen LogP contribution in [-0.2, 0) is 9.53 Å². The summed E-state index contributed by atoms with van der Waals surface area (Å²) >= 11 is 0. The molecule has 1 heterocycles. The molecule has 0 spiro atoms. The number of methoxy groups -OCH3 is 1. The molecule has 0 radical (unpaired) electrons. The van der Waals surface area contributed by atoms with E-state index in [2.05, 4.69) is 10.3 Å². The van der Waals surface area contributed by atoms with E-state index in [0.717, 1.165) is 0 Å². The fraction of sp³-hybridized carbons (Fsp3) is 0.333. The Labute approximate surface area is 146 Å². The normalized spacial score (nSPS) is 11.7. The van der Waals surface area contributed by atoms with Crippen molar-refractivity contribution in [3.8, 4) is 5.75 Å². The molecule has 7 heteroatoms. The molecule has 134 valence electrons. The number of hydrogen-bond donors (Lipinski definition) is 3. The van der Waals surface area contributed by atoms with Gasteiger partial charge in [-0.2, -0.15) is 0 Å². The Morgan fingerprint density at radius 3 is 2.56 bits per heavy atom. The van der Waals surface area contributed by atoms with Crippen LogP contribution in [0.1, 0.15) is 40.3 Å². The Balaban J connectivity index is 2.00. The number of aromatic nitrogens is 1. The molecule has 0 saturated heterocycles. The van der Waals surface area contributed by atoms with Gasteiger partial charge in [0.1, 0.15) is 11.4 Å². The van der Waals surface area contributed by atoms with Crippen molar-refractivity contribution in [1.29, 1.82) is 0 Å². The van der Waals surface area contributed by atoms with Crippen molar-refractivity contribution < 1.29 is 24.2 Å². The van der Waals surface area contributed by atoms with E-state index in [1.807, 2.05) is 0 Å². The number of hydrogen-bond acceptors (Lipinski definition) is 5. The molecule has 0 saturated carbocycles. The van der Waals surface area contributed by atoms with Crippen molar-refractivity contribution in [2.75, 3.05) is 19.0 Å². The molecule has 0 fully saturated rings. The van der Waals surface area contributed by atoms with Crippen LogP contribution in [-0.4, -0.2) is 35.7 Å². The Hall–Kier alpha value is -2.80. The summed E-state index contributed by atoms with van der Waals surface area (Å²) in [7, 11) is 1.50. The van der Waals surface area contributed by atoms with Gasteiger partial charge in [-0.25, -0.2) is 4.79 Å². The zero-order chi connectivity index (χ0) is 18.6. The van der Waals surface area contributed by atoms with Crippen molar-refractivity contribution in [3.05, 3.63) is 46.8 Å². The van der Waals surface area contributed by atoms with Crippen LogP contribution in [0, 0.1) is 13.8 Å². The maximum Gasteiger partial charge on any atom is 0.355 e. The quantitative estimate of drug-likeness (QED) is 0.698. The average molecular weight is 346 g/mol. The third kappa shape index (κ3) is 4.19. The minimum Gasteiger partial charge on any atom is -0.495 e. The van der Waals surface area contributed by atoms with Crippen LogP contribution in [0.25, 0.3) is 0 Å². The molecule has 25 heavy (non-hydrogen) atoms. The first-order valence-electron chi connectivity index (χ1n) is 7.82. The summed E-state index contributed by atoms with van der Waals surface area (Å²) in [5.41, 5.74) is 2.69. The van der Waals surface area contributed by atoms with Gasteiger partial charge in [0.2, 0.25) is 0 Å². The van der Waals surface area contributed by atoms with Gasteiger partial charge in [0.25, 0.3) is 5.91 Å². The predicted octanol–water partition coefficient (Wildman–Crippen LogP) is 2.49. The summed E-state index contributed by atoms with van der Waals surface area (Å²) < 4.78 is 10.2. The van der Waals surface area contributed by atoms with Crippen LogP contribution >= 0.6 is 0 Å². The third-order valence-electron chi connectivity index (χ3n) is 3.83. The highest BCUT2D eigenvalue weighted by Gasteiger charge is 2.21. The molecule has 0 bridgehead atoms. The topological polar surface area (TPSA) is 101 Å². The Kier molecular flexibility index (Phi) is 5.82. The second-order valence-corrected chi connectivity index (χ2v) is 5.66. The summed E-state index contributed by atoms with van der Waals surface area (Å²) in [6.07, 6.45) is -0.702. The predicted molar refractivity (Wildman–Crippen MR) is 92.8 cm³/mol. The number of aryl methyl sites for hydroxylation is 1. The number of amides is 1. The van der Waals surface area contributed by atoms with Gasteiger partial charge in [0, 0.05) is 11.3 Å². The lowest BCUT2D eigenvalue weighted by atomic mass is 10.1. The number of esters is 1. The minimum absolute atomic E-state index is 0.235. The molecular weight excluding hydrogens is 324 g/mol. The van der Waals surface area contributed by atoms with E-state index in [0.29, 0.717) is 28.3 Å². The van der Waals surface area contributed by atoms with Crippen LogP contribution in [0.15, 0.2) is 24.3 Å². The lowest BCUT2D eigenvalue weighted by Crippen LogP contribution is -2.21. The van der Waals surface area contributed by atoms with Crippen molar-refractivity contribution >= 4 is 17.6 Å². The number of carbonyl (C=O) groups is 2. The molecule has 1 atom stereocenters. The van der Waals surface area contributed by atoms with Gasteiger partial charge in [0.15, 0.2) is 6.61 Å². The highest BCUT2D eigenvalue weighted by molar-refractivity contribution is 5.96. The zero-order valence-electron chi connectivity index (χ0n) is 14.7. The lowest BCUT2D eigenvalue weighted by Gasteiger charge is -2.10.